The van der Waals surface area contributed by atoms with Crippen LogP contribution >= 0.6 is 12.4 Å². The minimum Gasteiger partial charge on any atom is -0.435 e. The van der Waals surface area contributed by atoms with E-state index in [1.807, 2.05) is 0 Å². The Morgan fingerprint density at radius 3 is 2.61 bits per heavy atom. The minimum absolute atomic E-state index is 0. The summed E-state index contributed by atoms with van der Waals surface area (Å²) < 4.78 is 28.3. The van der Waals surface area contributed by atoms with Gasteiger partial charge >= 0.3 is 6.61 Å². The number of amides is 1. The average molecular weight is 351 g/mol. The largest absolute Gasteiger partial charge is 0.435 e. The highest BCUT2D eigenvalue weighted by Gasteiger charge is 2.21. The summed E-state index contributed by atoms with van der Waals surface area (Å²) >= 11 is 0. The maximum absolute atomic E-state index is 12.0. The van der Waals surface area contributed by atoms with E-state index in [9.17, 15) is 18.7 Å². The Morgan fingerprint density at radius 2 is 2.04 bits per heavy atom. The Hall–Kier alpha value is -1.44. The molecule has 130 valence electrons. The van der Waals surface area contributed by atoms with Crippen molar-refractivity contribution in [1.82, 2.24) is 10.6 Å². The molecule has 1 aliphatic heterocycles. The smallest absolute Gasteiger partial charge is 0.387 e. The molecule has 1 saturated heterocycles. The summed E-state index contributed by atoms with van der Waals surface area (Å²) in [5.41, 5.74) is 0.526. The molecule has 1 fully saturated rings. The summed E-state index contributed by atoms with van der Waals surface area (Å²) in [5, 5.41) is 15.8. The average Bonchev–Trinajstić information content (AvgIpc) is 2.53. The molecule has 1 heterocycles. The van der Waals surface area contributed by atoms with Crippen molar-refractivity contribution in [2.75, 3.05) is 13.1 Å². The molecule has 8 heteroatoms. The number of hydrogen-bond donors (Lipinski definition) is 3. The number of nitrogens with one attached hydrogen (secondary N) is 2. The third-order valence-electron chi connectivity index (χ3n) is 3.59. The summed E-state index contributed by atoms with van der Waals surface area (Å²) in [4.78, 5) is 11.9. The number of benzene rings is 1. The summed E-state index contributed by atoms with van der Waals surface area (Å²) in [6, 6.07) is 5.49. The maximum atomic E-state index is 12.0. The molecule has 5 nitrogen and oxygen atoms in total. The zero-order valence-corrected chi connectivity index (χ0v) is 13.3. The van der Waals surface area contributed by atoms with E-state index >= 15 is 0 Å². The van der Waals surface area contributed by atoms with Gasteiger partial charge in [0, 0.05) is 6.54 Å². The number of piperidine rings is 1. The number of alkyl halides is 2. The standard InChI is InChI=1S/C15H20F2N2O3.ClH/c16-15(17)22-11-6-4-10(5-7-11)13(20)9-19-14(21)12-3-1-2-8-18-12;/h4-7,12-13,15,18,20H,1-3,8-9H2,(H,19,21);1H. The lowest BCUT2D eigenvalue weighted by molar-refractivity contribution is -0.124. The van der Waals surface area contributed by atoms with Gasteiger partial charge in [-0.15, -0.1) is 12.4 Å². The van der Waals surface area contributed by atoms with Gasteiger partial charge in [-0.3, -0.25) is 4.79 Å². The fourth-order valence-electron chi connectivity index (χ4n) is 2.39. The summed E-state index contributed by atoms with van der Waals surface area (Å²) in [6.07, 6.45) is 1.98. The Labute approximate surface area is 139 Å². The van der Waals surface area contributed by atoms with E-state index < -0.39 is 12.7 Å². The third-order valence-corrected chi connectivity index (χ3v) is 3.59. The van der Waals surface area contributed by atoms with Gasteiger partial charge in [-0.1, -0.05) is 18.6 Å². The summed E-state index contributed by atoms with van der Waals surface area (Å²) in [5.74, 6) is -0.0993. The first-order valence-electron chi connectivity index (χ1n) is 7.30. The second kappa shape index (κ2) is 9.64. The van der Waals surface area contributed by atoms with Gasteiger partial charge in [0.2, 0.25) is 5.91 Å². The lowest BCUT2D eigenvalue weighted by Crippen LogP contribution is -2.47. The molecule has 0 radical (unpaired) electrons. The normalized spacial score (nSPS) is 18.9. The van der Waals surface area contributed by atoms with Crippen molar-refractivity contribution >= 4 is 18.3 Å². The molecule has 0 bridgehead atoms. The van der Waals surface area contributed by atoms with Crippen LogP contribution < -0.4 is 15.4 Å². The maximum Gasteiger partial charge on any atom is 0.387 e. The van der Waals surface area contributed by atoms with Gasteiger partial charge in [0.05, 0.1) is 12.1 Å². The van der Waals surface area contributed by atoms with Crippen LogP contribution in [0.15, 0.2) is 24.3 Å². The van der Waals surface area contributed by atoms with Crippen LogP contribution in [0.3, 0.4) is 0 Å². The van der Waals surface area contributed by atoms with Crippen molar-refractivity contribution in [3.05, 3.63) is 29.8 Å². The van der Waals surface area contributed by atoms with E-state index in [2.05, 4.69) is 15.4 Å². The number of aliphatic hydroxyl groups excluding tert-OH is 1. The molecule has 0 spiro atoms. The third kappa shape index (κ3) is 6.29. The second-order valence-electron chi connectivity index (χ2n) is 5.21. The van der Waals surface area contributed by atoms with Crippen LogP contribution in [0, 0.1) is 0 Å². The molecule has 0 saturated carbocycles. The molecule has 1 amide bonds. The number of carbonyl (C=O) groups is 1. The number of halogens is 3. The molecule has 2 unspecified atom stereocenters. The molecule has 1 aromatic carbocycles. The molecule has 1 aliphatic rings. The molecular formula is C15H21ClF2N2O3. The molecule has 2 atom stereocenters. The number of hydrogen-bond acceptors (Lipinski definition) is 4. The van der Waals surface area contributed by atoms with E-state index in [4.69, 9.17) is 0 Å². The van der Waals surface area contributed by atoms with Crippen LogP contribution in [0.25, 0.3) is 0 Å². The monoisotopic (exact) mass is 350 g/mol. The lowest BCUT2D eigenvalue weighted by atomic mass is 10.0. The molecule has 3 N–H and O–H groups in total. The number of carbonyl (C=O) groups excluding carboxylic acids is 1. The van der Waals surface area contributed by atoms with Crippen LogP contribution in [0.5, 0.6) is 5.75 Å². The van der Waals surface area contributed by atoms with Crippen molar-refractivity contribution in [2.24, 2.45) is 0 Å². The Balaban J connectivity index is 0.00000264. The predicted molar refractivity (Wildman–Crippen MR) is 83.9 cm³/mol. The Morgan fingerprint density at radius 1 is 1.35 bits per heavy atom. The topological polar surface area (TPSA) is 70.6 Å². The molecule has 0 aliphatic carbocycles. The molecule has 1 aromatic rings. The van der Waals surface area contributed by atoms with E-state index in [-0.39, 0.29) is 36.7 Å². The fraction of sp³-hybridized carbons (Fsp3) is 0.533. The Kier molecular flexibility index (Phi) is 8.22. The molecule has 2 rings (SSSR count). The van der Waals surface area contributed by atoms with E-state index in [1.165, 1.54) is 24.3 Å². The van der Waals surface area contributed by atoms with Gasteiger partial charge in [-0.25, -0.2) is 0 Å². The highest BCUT2D eigenvalue weighted by molar-refractivity contribution is 5.85. The molecule has 0 aromatic heterocycles. The summed E-state index contributed by atoms with van der Waals surface area (Å²) in [7, 11) is 0. The summed E-state index contributed by atoms with van der Waals surface area (Å²) in [6.45, 7) is -1.98. The van der Waals surface area contributed by atoms with Gasteiger partial charge < -0.3 is 20.5 Å². The van der Waals surface area contributed by atoms with E-state index in [0.717, 1.165) is 25.8 Å². The van der Waals surface area contributed by atoms with E-state index in [0.29, 0.717) is 5.56 Å². The van der Waals surface area contributed by atoms with Crippen LogP contribution in [-0.2, 0) is 4.79 Å². The van der Waals surface area contributed by atoms with Crippen LogP contribution in [0.2, 0.25) is 0 Å². The minimum atomic E-state index is -2.88. The van der Waals surface area contributed by atoms with Crippen molar-refractivity contribution in [1.29, 1.82) is 0 Å². The fourth-order valence-corrected chi connectivity index (χ4v) is 2.39. The number of aliphatic hydroxyl groups is 1. The van der Waals surface area contributed by atoms with E-state index in [1.54, 1.807) is 0 Å². The molecule has 23 heavy (non-hydrogen) atoms. The van der Waals surface area contributed by atoms with Gasteiger partial charge in [0.1, 0.15) is 5.75 Å². The zero-order valence-electron chi connectivity index (χ0n) is 12.5. The van der Waals surface area contributed by atoms with Crippen LogP contribution in [0.1, 0.15) is 30.9 Å². The highest BCUT2D eigenvalue weighted by Crippen LogP contribution is 2.19. The number of rotatable bonds is 6. The quantitative estimate of drug-likeness (QED) is 0.734. The second-order valence-corrected chi connectivity index (χ2v) is 5.21. The molecular weight excluding hydrogens is 330 g/mol. The zero-order chi connectivity index (χ0) is 15.9. The van der Waals surface area contributed by atoms with Crippen molar-refractivity contribution in [2.45, 2.75) is 38.0 Å². The van der Waals surface area contributed by atoms with Crippen LogP contribution in [0.4, 0.5) is 8.78 Å². The van der Waals surface area contributed by atoms with Gasteiger partial charge in [-0.2, -0.15) is 8.78 Å². The van der Waals surface area contributed by atoms with Crippen LogP contribution in [-0.4, -0.2) is 36.8 Å². The van der Waals surface area contributed by atoms with Crippen molar-refractivity contribution in [3.8, 4) is 5.75 Å². The first-order chi connectivity index (χ1) is 10.6. The number of ether oxygens (including phenoxy) is 1. The SMILES string of the molecule is Cl.O=C(NCC(O)c1ccc(OC(F)F)cc1)C1CCCCN1. The van der Waals surface area contributed by atoms with Crippen molar-refractivity contribution < 1.29 is 23.4 Å². The first kappa shape index (κ1) is 19.6. The van der Waals surface area contributed by atoms with Gasteiger partial charge in [0.25, 0.3) is 0 Å². The van der Waals surface area contributed by atoms with Gasteiger partial charge in [0.15, 0.2) is 0 Å². The lowest BCUT2D eigenvalue weighted by Gasteiger charge is -2.23. The predicted octanol–water partition coefficient (Wildman–Crippen LogP) is 2.00. The Bertz CT molecular complexity index is 482. The first-order valence-corrected chi connectivity index (χ1v) is 7.30. The van der Waals surface area contributed by atoms with Gasteiger partial charge in [-0.05, 0) is 37.1 Å². The highest BCUT2D eigenvalue weighted by atomic mass is 35.5. The van der Waals surface area contributed by atoms with Crippen molar-refractivity contribution in [3.63, 3.8) is 0 Å².